The molecule has 0 bridgehead atoms. The van der Waals surface area contributed by atoms with Crippen LogP contribution in [-0.4, -0.2) is 26.7 Å². The van der Waals surface area contributed by atoms with E-state index in [-0.39, 0.29) is 16.1 Å². The van der Waals surface area contributed by atoms with Crippen LogP contribution in [-0.2, 0) is 5.41 Å². The number of benzene rings is 2. The number of pyridine rings is 1. The van der Waals surface area contributed by atoms with E-state index in [2.05, 4.69) is 36.4 Å². The van der Waals surface area contributed by atoms with E-state index in [1.165, 1.54) is 12.3 Å². The number of ether oxygens (including phenoxy) is 1. The minimum atomic E-state index is -0.666. The Morgan fingerprint density at radius 3 is 2.38 bits per heavy atom. The minimum absolute atomic E-state index is 0.0723. The van der Waals surface area contributed by atoms with Crippen molar-refractivity contribution in [1.82, 2.24) is 14.8 Å². The fourth-order valence-corrected chi connectivity index (χ4v) is 3.61. The summed E-state index contributed by atoms with van der Waals surface area (Å²) in [7, 11) is 0. The van der Waals surface area contributed by atoms with Gasteiger partial charge in [-0.2, -0.15) is 5.10 Å². The van der Waals surface area contributed by atoms with Gasteiger partial charge in [0.25, 0.3) is 5.91 Å². The number of hydrogen-bond donors (Lipinski definition) is 3. The van der Waals surface area contributed by atoms with Crippen LogP contribution < -0.4 is 21.1 Å². The summed E-state index contributed by atoms with van der Waals surface area (Å²) in [6, 6.07) is 17.1. The van der Waals surface area contributed by atoms with Crippen LogP contribution >= 0.6 is 11.6 Å². The Labute approximate surface area is 219 Å². The van der Waals surface area contributed by atoms with E-state index in [0.29, 0.717) is 23.0 Å². The summed E-state index contributed by atoms with van der Waals surface area (Å²) in [5.74, 6) is 0.547. The highest BCUT2D eigenvalue weighted by Crippen LogP contribution is 2.32. The number of carbonyl (C=O) groups excluding carboxylic acids is 2. The Morgan fingerprint density at radius 1 is 1.00 bits per heavy atom. The van der Waals surface area contributed by atoms with Crippen molar-refractivity contribution >= 4 is 35.0 Å². The molecule has 2 aromatic heterocycles. The molecule has 4 aromatic rings. The number of urea groups is 1. The van der Waals surface area contributed by atoms with Crippen molar-refractivity contribution in [2.75, 3.05) is 10.6 Å². The molecule has 9 nitrogen and oxygen atoms in total. The summed E-state index contributed by atoms with van der Waals surface area (Å²) in [5.41, 5.74) is 8.38. The number of aryl methyl sites for hydroxylation is 1. The van der Waals surface area contributed by atoms with Crippen molar-refractivity contribution in [3.05, 3.63) is 88.8 Å². The molecule has 0 spiro atoms. The molecule has 10 heteroatoms. The lowest BCUT2D eigenvalue weighted by molar-refractivity contribution is 0.0995. The molecule has 0 atom stereocenters. The Bertz CT molecular complexity index is 1460. The zero-order valence-electron chi connectivity index (χ0n) is 20.9. The first-order valence-electron chi connectivity index (χ1n) is 11.5. The average Bonchev–Trinajstić information content (AvgIpc) is 3.25. The van der Waals surface area contributed by atoms with Gasteiger partial charge in [0.05, 0.1) is 16.4 Å². The van der Waals surface area contributed by atoms with Gasteiger partial charge >= 0.3 is 6.03 Å². The fourth-order valence-electron chi connectivity index (χ4n) is 3.40. The molecule has 3 amide bonds. The number of nitrogens with one attached hydrogen (secondary N) is 2. The normalized spacial score (nSPS) is 11.2. The van der Waals surface area contributed by atoms with Crippen LogP contribution in [0.3, 0.4) is 0 Å². The highest BCUT2D eigenvalue weighted by Gasteiger charge is 2.21. The van der Waals surface area contributed by atoms with Gasteiger partial charge in [0.1, 0.15) is 23.0 Å². The highest BCUT2D eigenvalue weighted by molar-refractivity contribution is 6.32. The van der Waals surface area contributed by atoms with Crippen LogP contribution in [0.5, 0.6) is 11.5 Å². The van der Waals surface area contributed by atoms with Crippen molar-refractivity contribution in [2.45, 2.75) is 33.1 Å². The van der Waals surface area contributed by atoms with Gasteiger partial charge in [0, 0.05) is 29.4 Å². The van der Waals surface area contributed by atoms with Gasteiger partial charge in [-0.3, -0.25) is 15.1 Å². The number of halogens is 1. The highest BCUT2D eigenvalue weighted by atomic mass is 35.5. The van der Waals surface area contributed by atoms with Gasteiger partial charge in [-0.25, -0.2) is 9.48 Å². The van der Waals surface area contributed by atoms with Gasteiger partial charge in [-0.05, 0) is 43.3 Å². The largest absolute Gasteiger partial charge is 0.456 e. The van der Waals surface area contributed by atoms with E-state index in [1.807, 2.05) is 37.3 Å². The minimum Gasteiger partial charge on any atom is -0.456 e. The van der Waals surface area contributed by atoms with Crippen LogP contribution in [0.15, 0.2) is 66.9 Å². The SMILES string of the molecule is Cc1ccc(-n2nc(C(C)(C)C)cc2NC(=O)Nc2ccc(Oc3ccnc(C(N)=O)c3)c(Cl)c2)cc1. The quantitative estimate of drug-likeness (QED) is 0.286. The van der Waals surface area contributed by atoms with Crippen molar-refractivity contribution in [3.63, 3.8) is 0 Å². The summed E-state index contributed by atoms with van der Waals surface area (Å²) in [4.78, 5) is 28.1. The Balaban J connectivity index is 1.50. The van der Waals surface area contributed by atoms with Crippen LogP contribution in [0, 0.1) is 6.92 Å². The summed E-state index contributed by atoms with van der Waals surface area (Å²) >= 11 is 6.38. The Hall–Kier alpha value is -4.37. The van der Waals surface area contributed by atoms with E-state index in [4.69, 9.17) is 27.2 Å². The van der Waals surface area contributed by atoms with E-state index in [1.54, 1.807) is 28.9 Å². The molecular weight excluding hydrogens is 492 g/mol. The molecule has 2 heterocycles. The molecule has 0 radical (unpaired) electrons. The molecule has 0 saturated heterocycles. The second-order valence-electron chi connectivity index (χ2n) is 9.48. The van der Waals surface area contributed by atoms with Crippen molar-refractivity contribution in [1.29, 1.82) is 0 Å². The summed E-state index contributed by atoms with van der Waals surface area (Å²) in [6.45, 7) is 8.19. The lowest BCUT2D eigenvalue weighted by atomic mass is 9.92. The van der Waals surface area contributed by atoms with Gasteiger partial charge in [0.2, 0.25) is 0 Å². The number of aromatic nitrogens is 3. The molecule has 2 aromatic carbocycles. The fraction of sp³-hybridized carbons (Fsp3) is 0.185. The number of anilines is 2. The third kappa shape index (κ3) is 6.25. The molecular formula is C27H27ClN6O3. The van der Waals surface area contributed by atoms with E-state index >= 15 is 0 Å². The number of nitrogens with zero attached hydrogens (tertiary/aromatic N) is 3. The van der Waals surface area contributed by atoms with Crippen LogP contribution in [0.2, 0.25) is 5.02 Å². The Kier molecular flexibility index (Phi) is 7.17. The molecule has 0 saturated carbocycles. The number of rotatable bonds is 6. The molecule has 0 unspecified atom stereocenters. The van der Waals surface area contributed by atoms with Crippen molar-refractivity contribution in [3.8, 4) is 17.2 Å². The smallest absolute Gasteiger partial charge is 0.324 e. The molecule has 0 aliphatic heterocycles. The topological polar surface area (TPSA) is 124 Å². The van der Waals surface area contributed by atoms with Crippen LogP contribution in [0.4, 0.5) is 16.3 Å². The lowest BCUT2D eigenvalue weighted by Gasteiger charge is -2.14. The predicted molar refractivity (Wildman–Crippen MR) is 144 cm³/mol. The second-order valence-corrected chi connectivity index (χ2v) is 9.89. The number of primary amides is 1. The second kappa shape index (κ2) is 10.3. The summed E-state index contributed by atoms with van der Waals surface area (Å²) < 4.78 is 7.45. The summed E-state index contributed by atoms with van der Waals surface area (Å²) in [5, 5.41) is 10.6. The average molecular weight is 519 g/mol. The maximum absolute atomic E-state index is 12.9. The molecule has 0 aliphatic carbocycles. The number of amides is 3. The van der Waals surface area contributed by atoms with E-state index < -0.39 is 11.9 Å². The van der Waals surface area contributed by atoms with Gasteiger partial charge in [-0.1, -0.05) is 50.1 Å². The van der Waals surface area contributed by atoms with E-state index in [9.17, 15) is 9.59 Å². The maximum atomic E-state index is 12.9. The zero-order chi connectivity index (χ0) is 26.7. The van der Waals surface area contributed by atoms with Gasteiger partial charge < -0.3 is 15.8 Å². The van der Waals surface area contributed by atoms with Gasteiger partial charge in [0.15, 0.2) is 0 Å². The lowest BCUT2D eigenvalue weighted by Crippen LogP contribution is -2.21. The Morgan fingerprint density at radius 2 is 1.73 bits per heavy atom. The van der Waals surface area contributed by atoms with Crippen LogP contribution in [0.25, 0.3) is 5.69 Å². The first-order valence-corrected chi connectivity index (χ1v) is 11.9. The molecule has 37 heavy (non-hydrogen) atoms. The summed E-state index contributed by atoms with van der Waals surface area (Å²) in [6.07, 6.45) is 1.41. The molecule has 0 aliphatic rings. The standard InChI is InChI=1S/C27H27ClN6O3/c1-16-5-8-18(9-6-16)34-24(15-23(33-34)27(2,3)4)32-26(36)31-17-7-10-22(20(28)13-17)37-19-11-12-30-21(14-19)25(29)35/h5-15H,1-4H3,(H2,29,35)(H2,31,32,36). The zero-order valence-corrected chi connectivity index (χ0v) is 21.6. The van der Waals surface area contributed by atoms with Crippen molar-refractivity contribution in [2.24, 2.45) is 5.73 Å². The number of carbonyl (C=O) groups is 2. The number of hydrogen-bond acceptors (Lipinski definition) is 5. The predicted octanol–water partition coefficient (Wildman–Crippen LogP) is 6.06. The molecule has 4 N–H and O–H groups in total. The van der Waals surface area contributed by atoms with Gasteiger partial charge in [-0.15, -0.1) is 0 Å². The molecule has 4 rings (SSSR count). The third-order valence-electron chi connectivity index (χ3n) is 5.40. The first kappa shape index (κ1) is 25.7. The molecule has 190 valence electrons. The number of nitrogens with two attached hydrogens (primary N) is 1. The first-order chi connectivity index (χ1) is 17.5. The third-order valence-corrected chi connectivity index (χ3v) is 5.69. The maximum Gasteiger partial charge on any atom is 0.324 e. The van der Waals surface area contributed by atoms with E-state index in [0.717, 1.165) is 16.9 Å². The molecule has 0 fully saturated rings. The van der Waals surface area contributed by atoms with Crippen molar-refractivity contribution < 1.29 is 14.3 Å². The van der Waals surface area contributed by atoms with Crippen LogP contribution in [0.1, 0.15) is 42.5 Å². The monoisotopic (exact) mass is 518 g/mol.